The summed E-state index contributed by atoms with van der Waals surface area (Å²) in [4.78, 5) is 13.0. The van der Waals surface area contributed by atoms with Gasteiger partial charge in [-0.3, -0.25) is 4.79 Å². The SMILES string of the molecule is Cc1ccc(S(=O)(=O)C2C(=O)NC3(C)CC2c2cc(Cl)ccc2O3)cc1C. The van der Waals surface area contributed by atoms with E-state index in [-0.39, 0.29) is 4.90 Å². The number of carbonyl (C=O) groups is 1. The highest BCUT2D eigenvalue weighted by Crippen LogP contribution is 2.47. The molecule has 2 aliphatic heterocycles. The number of piperidine rings is 1. The zero-order valence-electron chi connectivity index (χ0n) is 15.2. The Hall–Kier alpha value is -2.05. The Morgan fingerprint density at radius 2 is 1.89 bits per heavy atom. The maximum absolute atomic E-state index is 13.4. The molecule has 2 aliphatic rings. The highest BCUT2D eigenvalue weighted by molar-refractivity contribution is 7.92. The van der Waals surface area contributed by atoms with E-state index in [0.29, 0.717) is 22.8 Å². The van der Waals surface area contributed by atoms with Crippen molar-refractivity contribution in [2.24, 2.45) is 0 Å². The minimum atomic E-state index is -3.89. The average Bonchev–Trinajstić information content (AvgIpc) is 2.57. The fourth-order valence-corrected chi connectivity index (χ4v) is 6.06. The number of benzene rings is 2. The molecule has 2 aromatic rings. The van der Waals surface area contributed by atoms with Crippen LogP contribution in [0.5, 0.6) is 5.75 Å². The number of sulfone groups is 1. The Morgan fingerprint density at radius 3 is 2.59 bits per heavy atom. The van der Waals surface area contributed by atoms with E-state index in [1.54, 1.807) is 43.3 Å². The third-order valence-electron chi connectivity index (χ3n) is 5.47. The van der Waals surface area contributed by atoms with Gasteiger partial charge in [-0.1, -0.05) is 17.7 Å². The number of rotatable bonds is 2. The summed E-state index contributed by atoms with van der Waals surface area (Å²) in [6.07, 6.45) is 0.362. The molecule has 27 heavy (non-hydrogen) atoms. The standard InChI is InChI=1S/C20H20ClNO4S/c1-11-4-6-14(8-12(11)2)27(24,25)18-16-10-20(3,22-19(18)23)26-17-7-5-13(21)9-15(16)17/h4-9,16,18H,10H2,1-3H3,(H,22,23). The van der Waals surface area contributed by atoms with Gasteiger partial charge in [0.1, 0.15) is 5.75 Å². The van der Waals surface area contributed by atoms with Crippen molar-refractivity contribution >= 4 is 27.3 Å². The molecular formula is C20H20ClNO4S. The van der Waals surface area contributed by atoms with Crippen LogP contribution in [0, 0.1) is 13.8 Å². The molecule has 2 bridgehead atoms. The summed E-state index contributed by atoms with van der Waals surface area (Å²) in [6, 6.07) is 10.1. The van der Waals surface area contributed by atoms with E-state index in [4.69, 9.17) is 16.3 Å². The van der Waals surface area contributed by atoms with Gasteiger partial charge in [-0.25, -0.2) is 8.42 Å². The molecule has 4 rings (SSSR count). The summed E-state index contributed by atoms with van der Waals surface area (Å²) < 4.78 is 32.8. The van der Waals surface area contributed by atoms with Crippen molar-refractivity contribution in [3.8, 4) is 5.75 Å². The zero-order valence-corrected chi connectivity index (χ0v) is 16.8. The fourth-order valence-electron chi connectivity index (χ4n) is 3.97. The van der Waals surface area contributed by atoms with Crippen LogP contribution in [0.1, 0.15) is 36.0 Å². The maximum Gasteiger partial charge on any atom is 0.242 e. The van der Waals surface area contributed by atoms with Gasteiger partial charge in [0.25, 0.3) is 0 Å². The van der Waals surface area contributed by atoms with Crippen molar-refractivity contribution in [2.45, 2.75) is 49.0 Å². The van der Waals surface area contributed by atoms with Gasteiger partial charge in [-0.2, -0.15) is 0 Å². The van der Waals surface area contributed by atoms with Crippen molar-refractivity contribution in [2.75, 3.05) is 0 Å². The lowest BCUT2D eigenvalue weighted by atomic mass is 9.81. The third-order valence-corrected chi connectivity index (χ3v) is 7.83. The van der Waals surface area contributed by atoms with Crippen molar-refractivity contribution in [1.82, 2.24) is 5.32 Å². The van der Waals surface area contributed by atoms with E-state index in [9.17, 15) is 13.2 Å². The number of ether oxygens (including phenoxy) is 1. The molecule has 1 saturated heterocycles. The minimum Gasteiger partial charge on any atom is -0.468 e. The van der Waals surface area contributed by atoms with Gasteiger partial charge >= 0.3 is 0 Å². The summed E-state index contributed by atoms with van der Waals surface area (Å²) in [6.45, 7) is 5.53. The molecule has 2 heterocycles. The van der Waals surface area contributed by atoms with Gasteiger partial charge in [0.05, 0.1) is 4.90 Å². The zero-order chi connectivity index (χ0) is 19.6. The van der Waals surface area contributed by atoms with Crippen LogP contribution in [0.4, 0.5) is 0 Å². The van der Waals surface area contributed by atoms with Crippen molar-refractivity contribution in [1.29, 1.82) is 0 Å². The van der Waals surface area contributed by atoms with Crippen molar-refractivity contribution in [3.05, 3.63) is 58.1 Å². The summed E-state index contributed by atoms with van der Waals surface area (Å²) in [5.41, 5.74) is 1.59. The molecule has 1 N–H and O–H groups in total. The van der Waals surface area contributed by atoms with E-state index in [0.717, 1.165) is 11.1 Å². The molecule has 1 amide bonds. The molecule has 0 radical (unpaired) electrons. The van der Waals surface area contributed by atoms with Gasteiger partial charge < -0.3 is 10.1 Å². The van der Waals surface area contributed by atoms with Crippen LogP contribution in [-0.2, 0) is 14.6 Å². The molecule has 7 heteroatoms. The van der Waals surface area contributed by atoms with Gasteiger partial charge in [0, 0.05) is 22.9 Å². The molecular weight excluding hydrogens is 386 g/mol. The van der Waals surface area contributed by atoms with Gasteiger partial charge in [-0.15, -0.1) is 0 Å². The molecule has 0 aromatic heterocycles. The van der Waals surface area contributed by atoms with Crippen LogP contribution in [0.25, 0.3) is 0 Å². The summed E-state index contributed by atoms with van der Waals surface area (Å²) >= 11 is 6.14. The third kappa shape index (κ3) is 2.91. The largest absolute Gasteiger partial charge is 0.468 e. The second kappa shape index (κ2) is 5.97. The smallest absolute Gasteiger partial charge is 0.242 e. The number of fused-ring (bicyclic) bond motifs is 4. The van der Waals surface area contributed by atoms with Gasteiger partial charge in [-0.05, 0) is 62.2 Å². The lowest BCUT2D eigenvalue weighted by Crippen LogP contribution is -2.63. The quantitative estimate of drug-likeness (QED) is 0.829. The molecule has 0 spiro atoms. The molecule has 3 unspecified atom stereocenters. The van der Waals surface area contributed by atoms with Crippen molar-refractivity contribution < 1.29 is 17.9 Å². The molecule has 5 nitrogen and oxygen atoms in total. The molecule has 0 aliphatic carbocycles. The van der Waals surface area contributed by atoms with Crippen LogP contribution in [0.3, 0.4) is 0 Å². The summed E-state index contributed by atoms with van der Waals surface area (Å²) in [5.74, 6) is -0.520. The highest BCUT2D eigenvalue weighted by Gasteiger charge is 2.54. The lowest BCUT2D eigenvalue weighted by molar-refractivity contribution is -0.132. The first kappa shape index (κ1) is 18.3. The van der Waals surface area contributed by atoms with Gasteiger partial charge in [0.15, 0.2) is 20.8 Å². The van der Waals surface area contributed by atoms with Crippen molar-refractivity contribution in [3.63, 3.8) is 0 Å². The Bertz CT molecular complexity index is 1070. The second-order valence-corrected chi connectivity index (χ2v) is 10.0. The topological polar surface area (TPSA) is 72.5 Å². The van der Waals surface area contributed by atoms with Crippen LogP contribution in [0.15, 0.2) is 41.3 Å². The minimum absolute atomic E-state index is 0.157. The Kier molecular flexibility index (Phi) is 4.05. The average molecular weight is 406 g/mol. The number of aryl methyl sites for hydroxylation is 2. The number of hydrogen-bond acceptors (Lipinski definition) is 4. The van der Waals surface area contributed by atoms with E-state index in [1.165, 1.54) is 0 Å². The van der Waals surface area contributed by atoms with Crippen LogP contribution < -0.4 is 10.1 Å². The molecule has 0 saturated carbocycles. The van der Waals surface area contributed by atoms with E-state index >= 15 is 0 Å². The fraction of sp³-hybridized carbons (Fsp3) is 0.350. The number of carbonyl (C=O) groups excluding carboxylic acids is 1. The maximum atomic E-state index is 13.4. The number of nitrogens with one attached hydrogen (secondary N) is 1. The molecule has 2 aromatic carbocycles. The first-order valence-electron chi connectivity index (χ1n) is 8.72. The lowest BCUT2D eigenvalue weighted by Gasteiger charge is -2.46. The first-order chi connectivity index (χ1) is 12.6. The summed E-state index contributed by atoms with van der Waals surface area (Å²) in [5, 5.41) is 2.01. The predicted octanol–water partition coefficient (Wildman–Crippen LogP) is 3.51. The Morgan fingerprint density at radius 1 is 1.15 bits per heavy atom. The van der Waals surface area contributed by atoms with Crippen LogP contribution in [0.2, 0.25) is 5.02 Å². The number of hydrogen-bond donors (Lipinski definition) is 1. The molecule has 3 atom stereocenters. The summed E-state index contributed by atoms with van der Waals surface area (Å²) in [7, 11) is -3.89. The predicted molar refractivity (Wildman–Crippen MR) is 103 cm³/mol. The Balaban J connectivity index is 1.87. The molecule has 1 fully saturated rings. The monoisotopic (exact) mass is 405 g/mol. The second-order valence-electron chi connectivity index (χ2n) is 7.53. The Labute approximate surface area is 163 Å². The van der Waals surface area contributed by atoms with E-state index < -0.39 is 32.6 Å². The number of amides is 1. The van der Waals surface area contributed by atoms with E-state index in [2.05, 4.69) is 5.32 Å². The van der Waals surface area contributed by atoms with Crippen LogP contribution >= 0.6 is 11.6 Å². The highest BCUT2D eigenvalue weighted by atomic mass is 35.5. The first-order valence-corrected chi connectivity index (χ1v) is 10.6. The molecule has 142 valence electrons. The number of halogens is 1. The van der Waals surface area contributed by atoms with E-state index in [1.807, 2.05) is 13.8 Å². The normalized spacial score (nSPS) is 26.7. The van der Waals surface area contributed by atoms with Gasteiger partial charge in [0.2, 0.25) is 5.91 Å². The van der Waals surface area contributed by atoms with Crippen LogP contribution in [-0.4, -0.2) is 25.3 Å².